The van der Waals surface area contributed by atoms with Gasteiger partial charge in [0.05, 0.1) is 0 Å². The van der Waals surface area contributed by atoms with Crippen molar-refractivity contribution in [1.82, 2.24) is 0 Å². The first-order valence-corrected chi connectivity index (χ1v) is 7.87. The van der Waals surface area contributed by atoms with Gasteiger partial charge in [-0.1, -0.05) is 32.8 Å². The Morgan fingerprint density at radius 1 is 1.05 bits per heavy atom. The lowest BCUT2D eigenvalue weighted by Crippen LogP contribution is -2.34. The number of carbonyl (C=O) groups is 1. The Hall–Kier alpha value is -1.11. The van der Waals surface area contributed by atoms with Crippen molar-refractivity contribution in [3.63, 3.8) is 0 Å². The number of rotatable bonds is 2. The fourth-order valence-electron chi connectivity index (χ4n) is 3.74. The van der Waals surface area contributed by atoms with E-state index in [0.717, 1.165) is 12.0 Å². The van der Waals surface area contributed by atoms with E-state index in [1.165, 1.54) is 41.5 Å². The molecule has 0 aromatic heterocycles. The van der Waals surface area contributed by atoms with Crippen molar-refractivity contribution < 1.29 is 4.79 Å². The molecule has 0 heterocycles. The first kappa shape index (κ1) is 15.3. The molecule has 1 atom stereocenters. The van der Waals surface area contributed by atoms with E-state index in [1.807, 2.05) is 0 Å². The van der Waals surface area contributed by atoms with Gasteiger partial charge in [-0.15, -0.1) is 0 Å². The predicted octanol–water partition coefficient (Wildman–Crippen LogP) is 5.32. The quantitative estimate of drug-likeness (QED) is 0.666. The van der Waals surface area contributed by atoms with Crippen LogP contribution in [0.25, 0.3) is 0 Å². The Morgan fingerprint density at radius 2 is 1.60 bits per heavy atom. The van der Waals surface area contributed by atoms with E-state index < -0.39 is 0 Å². The molecule has 1 heteroatoms. The third-order valence-corrected chi connectivity index (χ3v) is 5.44. The lowest BCUT2D eigenvalue weighted by atomic mass is 9.65. The zero-order valence-electron chi connectivity index (χ0n) is 13.9. The maximum atomic E-state index is 13.2. The summed E-state index contributed by atoms with van der Waals surface area (Å²) in [6.07, 6.45) is 4.69. The molecule has 1 fully saturated rings. The number of Topliss-reactive ketones (excluding diaryl/α,β-unsaturated/α-hetero) is 1. The molecular formula is C19H28O. The normalized spacial score (nSPS) is 21.8. The van der Waals surface area contributed by atoms with E-state index in [4.69, 9.17) is 0 Å². The van der Waals surface area contributed by atoms with Crippen LogP contribution in [-0.2, 0) is 0 Å². The molecule has 0 radical (unpaired) electrons. The van der Waals surface area contributed by atoms with Crippen LogP contribution in [0.5, 0.6) is 0 Å². The average molecular weight is 272 g/mol. The predicted molar refractivity (Wildman–Crippen MR) is 85.5 cm³/mol. The molecule has 0 N–H and O–H groups in total. The van der Waals surface area contributed by atoms with E-state index in [-0.39, 0.29) is 11.3 Å². The highest BCUT2D eigenvalue weighted by Gasteiger charge is 2.38. The van der Waals surface area contributed by atoms with Gasteiger partial charge in [0.15, 0.2) is 5.78 Å². The molecule has 0 saturated heterocycles. The highest BCUT2D eigenvalue weighted by atomic mass is 16.1. The smallest absolute Gasteiger partial charge is 0.167 e. The van der Waals surface area contributed by atoms with Gasteiger partial charge in [-0.3, -0.25) is 4.79 Å². The molecule has 1 aromatic carbocycles. The van der Waals surface area contributed by atoms with E-state index in [9.17, 15) is 4.79 Å². The number of carbonyl (C=O) groups excluding carboxylic acids is 1. The zero-order chi connectivity index (χ0) is 15.1. The molecule has 0 aliphatic heterocycles. The van der Waals surface area contributed by atoms with Crippen molar-refractivity contribution in [2.75, 3.05) is 0 Å². The van der Waals surface area contributed by atoms with Crippen LogP contribution < -0.4 is 0 Å². The number of benzene rings is 1. The number of aryl methyl sites for hydroxylation is 2. The van der Waals surface area contributed by atoms with Gasteiger partial charge < -0.3 is 0 Å². The van der Waals surface area contributed by atoms with Crippen molar-refractivity contribution in [3.8, 4) is 0 Å². The summed E-state index contributed by atoms with van der Waals surface area (Å²) in [6.45, 7) is 13.0. The Bertz CT molecular complexity index is 511. The molecule has 20 heavy (non-hydrogen) atoms. The molecule has 1 aromatic rings. The van der Waals surface area contributed by atoms with Crippen molar-refractivity contribution >= 4 is 5.78 Å². The van der Waals surface area contributed by atoms with Gasteiger partial charge in [0, 0.05) is 11.5 Å². The van der Waals surface area contributed by atoms with Gasteiger partial charge in [-0.25, -0.2) is 0 Å². The van der Waals surface area contributed by atoms with Crippen molar-refractivity contribution in [3.05, 3.63) is 33.9 Å². The minimum Gasteiger partial charge on any atom is -0.294 e. The fourth-order valence-corrected chi connectivity index (χ4v) is 3.74. The van der Waals surface area contributed by atoms with Crippen LogP contribution in [0.15, 0.2) is 6.07 Å². The minimum absolute atomic E-state index is 0.145. The summed E-state index contributed by atoms with van der Waals surface area (Å²) in [5.41, 5.74) is 5.99. The number of hydrogen-bond acceptors (Lipinski definition) is 1. The number of hydrogen-bond donors (Lipinski definition) is 0. The van der Waals surface area contributed by atoms with Crippen LogP contribution in [0, 0.1) is 39.0 Å². The Kier molecular flexibility index (Phi) is 4.09. The standard InChI is InChI=1S/C19H28O/c1-12-11-13(2)15(4)17(14(12)3)18(20)16-9-7-8-10-19(16,5)6/h11,16H,7-10H2,1-6H3. The summed E-state index contributed by atoms with van der Waals surface area (Å²) in [4.78, 5) is 13.2. The highest BCUT2D eigenvalue weighted by Crippen LogP contribution is 2.43. The molecule has 0 bridgehead atoms. The van der Waals surface area contributed by atoms with Gasteiger partial charge in [0.25, 0.3) is 0 Å². The number of ketones is 1. The van der Waals surface area contributed by atoms with Gasteiger partial charge >= 0.3 is 0 Å². The second kappa shape index (κ2) is 5.35. The van der Waals surface area contributed by atoms with Gasteiger partial charge in [-0.2, -0.15) is 0 Å². The molecule has 110 valence electrons. The van der Waals surface area contributed by atoms with Crippen molar-refractivity contribution in [2.24, 2.45) is 11.3 Å². The van der Waals surface area contributed by atoms with E-state index >= 15 is 0 Å². The van der Waals surface area contributed by atoms with Crippen LogP contribution in [0.3, 0.4) is 0 Å². The summed E-state index contributed by atoms with van der Waals surface area (Å²) in [5.74, 6) is 0.575. The van der Waals surface area contributed by atoms with Gasteiger partial charge in [0.2, 0.25) is 0 Å². The van der Waals surface area contributed by atoms with Crippen molar-refractivity contribution in [1.29, 1.82) is 0 Å². The summed E-state index contributed by atoms with van der Waals surface area (Å²) in [6, 6.07) is 2.20. The summed E-state index contributed by atoms with van der Waals surface area (Å²) >= 11 is 0. The maximum absolute atomic E-state index is 13.2. The third-order valence-electron chi connectivity index (χ3n) is 5.44. The summed E-state index contributed by atoms with van der Waals surface area (Å²) in [7, 11) is 0. The highest BCUT2D eigenvalue weighted by molar-refractivity contribution is 6.01. The molecule has 1 aliphatic carbocycles. The Labute approximate surface area is 123 Å². The van der Waals surface area contributed by atoms with Gasteiger partial charge in [-0.05, 0) is 68.2 Å². The van der Waals surface area contributed by atoms with Crippen LogP contribution in [-0.4, -0.2) is 5.78 Å². The maximum Gasteiger partial charge on any atom is 0.167 e. The molecule has 1 unspecified atom stereocenters. The van der Waals surface area contributed by atoms with Gasteiger partial charge in [0.1, 0.15) is 0 Å². The second-order valence-electron chi connectivity index (χ2n) is 7.29. The monoisotopic (exact) mass is 272 g/mol. The first-order valence-electron chi connectivity index (χ1n) is 7.87. The molecule has 1 saturated carbocycles. The SMILES string of the molecule is Cc1cc(C)c(C)c(C(=O)C2CCCCC2(C)C)c1C. The van der Waals surface area contributed by atoms with Crippen LogP contribution >= 0.6 is 0 Å². The molecule has 2 rings (SSSR count). The van der Waals surface area contributed by atoms with Crippen LogP contribution in [0.4, 0.5) is 0 Å². The fraction of sp³-hybridized carbons (Fsp3) is 0.632. The molecule has 0 amide bonds. The second-order valence-corrected chi connectivity index (χ2v) is 7.29. The van der Waals surface area contributed by atoms with E-state index in [0.29, 0.717) is 5.78 Å². The molecule has 0 spiro atoms. The third kappa shape index (κ3) is 2.55. The van der Waals surface area contributed by atoms with Crippen LogP contribution in [0.1, 0.15) is 72.1 Å². The largest absolute Gasteiger partial charge is 0.294 e. The lowest BCUT2D eigenvalue weighted by Gasteiger charge is -2.38. The Morgan fingerprint density at radius 3 is 2.10 bits per heavy atom. The summed E-state index contributed by atoms with van der Waals surface area (Å²) in [5, 5.41) is 0. The molecular weight excluding hydrogens is 244 g/mol. The Balaban J connectivity index is 2.49. The molecule has 1 nitrogen and oxygen atoms in total. The summed E-state index contributed by atoms with van der Waals surface area (Å²) < 4.78 is 0. The van der Waals surface area contributed by atoms with E-state index in [1.54, 1.807) is 0 Å². The average Bonchev–Trinajstić information content (AvgIpc) is 2.36. The molecule has 1 aliphatic rings. The van der Waals surface area contributed by atoms with Crippen LogP contribution in [0.2, 0.25) is 0 Å². The minimum atomic E-state index is 0.145. The zero-order valence-corrected chi connectivity index (χ0v) is 13.9. The topological polar surface area (TPSA) is 17.1 Å². The van der Waals surface area contributed by atoms with Crippen molar-refractivity contribution in [2.45, 2.75) is 67.2 Å². The van der Waals surface area contributed by atoms with E-state index in [2.05, 4.69) is 47.6 Å². The lowest BCUT2D eigenvalue weighted by molar-refractivity contribution is 0.0696. The first-order chi connectivity index (χ1) is 9.25.